The summed E-state index contributed by atoms with van der Waals surface area (Å²) in [7, 11) is 0. The molecule has 0 radical (unpaired) electrons. The molecule has 0 amide bonds. The molecule has 2 N–H and O–H groups in total. The van der Waals surface area contributed by atoms with E-state index in [-0.39, 0.29) is 12.2 Å². The van der Waals surface area contributed by atoms with E-state index in [9.17, 15) is 0 Å². The van der Waals surface area contributed by atoms with E-state index in [4.69, 9.17) is 26.8 Å². The quantitative estimate of drug-likeness (QED) is 0.843. The van der Waals surface area contributed by atoms with Crippen LogP contribution in [0, 0.1) is 0 Å². The highest BCUT2D eigenvalue weighted by molar-refractivity contribution is 6.31. The monoisotopic (exact) mass is 227 g/mol. The van der Waals surface area contributed by atoms with Crippen molar-refractivity contribution in [2.45, 2.75) is 19.3 Å². The van der Waals surface area contributed by atoms with Gasteiger partial charge in [-0.15, -0.1) is 0 Å². The summed E-state index contributed by atoms with van der Waals surface area (Å²) < 4.78 is 10.6. The van der Waals surface area contributed by atoms with Crippen molar-refractivity contribution in [1.29, 1.82) is 0 Å². The number of ether oxygens (including phenoxy) is 2. The van der Waals surface area contributed by atoms with E-state index in [1.165, 1.54) is 0 Å². The normalized spacial score (nSPS) is 14.4. The summed E-state index contributed by atoms with van der Waals surface area (Å²) in [5, 5.41) is 0.676. The zero-order chi connectivity index (χ0) is 11.1. The van der Waals surface area contributed by atoms with Crippen molar-refractivity contribution < 1.29 is 9.47 Å². The van der Waals surface area contributed by atoms with E-state index in [1.54, 1.807) is 6.07 Å². The fourth-order valence-corrected chi connectivity index (χ4v) is 1.96. The first-order valence-corrected chi connectivity index (χ1v) is 5.22. The summed E-state index contributed by atoms with van der Waals surface area (Å²) in [5.74, 6) is 1.45. The molecular formula is C11H14ClNO2. The molecule has 0 unspecified atom stereocenters. The highest BCUT2D eigenvalue weighted by Gasteiger charge is 2.25. The highest BCUT2D eigenvalue weighted by atomic mass is 35.5. The van der Waals surface area contributed by atoms with Gasteiger partial charge < -0.3 is 15.2 Å². The Morgan fingerprint density at radius 2 is 1.93 bits per heavy atom. The van der Waals surface area contributed by atoms with Crippen LogP contribution in [-0.4, -0.2) is 13.3 Å². The lowest BCUT2D eigenvalue weighted by molar-refractivity contribution is 0.174. The number of halogens is 1. The third kappa shape index (κ3) is 1.77. The van der Waals surface area contributed by atoms with Crippen LogP contribution in [-0.2, 0) is 5.41 Å². The molecular weight excluding hydrogens is 214 g/mol. The zero-order valence-corrected chi connectivity index (χ0v) is 9.60. The molecule has 0 saturated heterocycles. The second-order valence-corrected chi connectivity index (χ2v) is 4.68. The summed E-state index contributed by atoms with van der Waals surface area (Å²) in [4.78, 5) is 0. The minimum Gasteiger partial charge on any atom is -0.454 e. The second-order valence-electron chi connectivity index (χ2n) is 4.27. The van der Waals surface area contributed by atoms with Crippen LogP contribution in [0.4, 0.5) is 0 Å². The molecule has 82 valence electrons. The van der Waals surface area contributed by atoms with E-state index >= 15 is 0 Å². The van der Waals surface area contributed by atoms with Crippen molar-refractivity contribution in [1.82, 2.24) is 0 Å². The van der Waals surface area contributed by atoms with Gasteiger partial charge in [-0.3, -0.25) is 0 Å². The van der Waals surface area contributed by atoms with E-state index in [2.05, 4.69) is 13.8 Å². The third-order valence-electron chi connectivity index (χ3n) is 2.70. The highest BCUT2D eigenvalue weighted by Crippen LogP contribution is 2.40. The molecule has 4 heteroatoms. The van der Waals surface area contributed by atoms with Crippen LogP contribution in [0.15, 0.2) is 12.1 Å². The second kappa shape index (κ2) is 3.58. The van der Waals surface area contributed by atoms with Gasteiger partial charge in [-0.25, -0.2) is 0 Å². The van der Waals surface area contributed by atoms with Gasteiger partial charge in [0, 0.05) is 23.0 Å². The van der Waals surface area contributed by atoms with Crippen molar-refractivity contribution >= 4 is 11.6 Å². The van der Waals surface area contributed by atoms with E-state index < -0.39 is 0 Å². The molecule has 0 spiro atoms. The molecule has 15 heavy (non-hydrogen) atoms. The van der Waals surface area contributed by atoms with Gasteiger partial charge in [-0.2, -0.15) is 0 Å². The predicted molar refractivity (Wildman–Crippen MR) is 59.7 cm³/mol. The lowest BCUT2D eigenvalue weighted by Crippen LogP contribution is -2.28. The van der Waals surface area contributed by atoms with Crippen LogP contribution in [0.3, 0.4) is 0 Å². The average Bonchev–Trinajstić information content (AvgIpc) is 2.63. The number of fused-ring (bicyclic) bond motifs is 1. The number of hydrogen-bond donors (Lipinski definition) is 1. The Kier molecular flexibility index (Phi) is 2.52. The molecule has 0 aromatic heterocycles. The smallest absolute Gasteiger partial charge is 0.231 e. The molecule has 1 aromatic carbocycles. The van der Waals surface area contributed by atoms with Crippen molar-refractivity contribution in [2.24, 2.45) is 5.73 Å². The first kappa shape index (κ1) is 10.6. The van der Waals surface area contributed by atoms with Gasteiger partial charge in [0.2, 0.25) is 6.79 Å². The molecule has 1 heterocycles. The largest absolute Gasteiger partial charge is 0.454 e. The number of benzene rings is 1. The summed E-state index contributed by atoms with van der Waals surface area (Å²) >= 11 is 6.18. The molecule has 0 bridgehead atoms. The Hall–Kier alpha value is -0.930. The Morgan fingerprint density at radius 3 is 2.53 bits per heavy atom. The number of hydrogen-bond acceptors (Lipinski definition) is 3. The third-order valence-corrected chi connectivity index (χ3v) is 3.01. The van der Waals surface area contributed by atoms with Crippen LogP contribution in [0.1, 0.15) is 19.4 Å². The topological polar surface area (TPSA) is 44.5 Å². The van der Waals surface area contributed by atoms with Gasteiger partial charge >= 0.3 is 0 Å². The lowest BCUT2D eigenvalue weighted by atomic mass is 9.84. The Morgan fingerprint density at radius 1 is 1.33 bits per heavy atom. The van der Waals surface area contributed by atoms with Crippen LogP contribution in [0.25, 0.3) is 0 Å². The minimum atomic E-state index is -0.155. The fraction of sp³-hybridized carbons (Fsp3) is 0.455. The van der Waals surface area contributed by atoms with Gasteiger partial charge in [0.25, 0.3) is 0 Å². The molecule has 0 saturated carbocycles. The molecule has 2 rings (SSSR count). The Balaban J connectivity index is 2.49. The number of rotatable bonds is 2. The maximum atomic E-state index is 6.18. The van der Waals surface area contributed by atoms with Gasteiger partial charge in [-0.1, -0.05) is 25.4 Å². The molecule has 1 aromatic rings. The average molecular weight is 228 g/mol. The van der Waals surface area contributed by atoms with Crippen LogP contribution in [0.5, 0.6) is 11.5 Å². The Labute approximate surface area is 94.1 Å². The molecule has 0 fully saturated rings. The van der Waals surface area contributed by atoms with Gasteiger partial charge in [0.05, 0.1) is 0 Å². The maximum Gasteiger partial charge on any atom is 0.231 e. The van der Waals surface area contributed by atoms with E-state index in [0.29, 0.717) is 17.3 Å². The van der Waals surface area contributed by atoms with Gasteiger partial charge in [-0.05, 0) is 11.6 Å². The van der Waals surface area contributed by atoms with Crippen molar-refractivity contribution in [2.75, 3.05) is 13.3 Å². The van der Waals surface area contributed by atoms with Gasteiger partial charge in [0.1, 0.15) is 0 Å². The SMILES string of the molecule is CC(C)(CN)c1cc2c(cc1Cl)OCO2. The van der Waals surface area contributed by atoms with Crippen molar-refractivity contribution in [3.05, 3.63) is 22.7 Å². The molecule has 1 aliphatic heterocycles. The van der Waals surface area contributed by atoms with Crippen molar-refractivity contribution in [3.8, 4) is 11.5 Å². The lowest BCUT2D eigenvalue weighted by Gasteiger charge is -2.24. The van der Waals surface area contributed by atoms with Crippen molar-refractivity contribution in [3.63, 3.8) is 0 Å². The first-order chi connectivity index (χ1) is 7.04. The summed E-state index contributed by atoms with van der Waals surface area (Å²) in [6.45, 7) is 4.90. The van der Waals surface area contributed by atoms with E-state index in [1.807, 2.05) is 6.07 Å². The fourth-order valence-electron chi connectivity index (χ4n) is 1.55. The molecule has 1 aliphatic rings. The molecule has 3 nitrogen and oxygen atoms in total. The summed E-state index contributed by atoms with van der Waals surface area (Å²) in [6, 6.07) is 3.70. The van der Waals surface area contributed by atoms with Crippen LogP contribution < -0.4 is 15.2 Å². The predicted octanol–water partition coefficient (Wildman–Crippen LogP) is 2.31. The summed E-state index contributed by atoms with van der Waals surface area (Å²) in [5.41, 5.74) is 6.56. The zero-order valence-electron chi connectivity index (χ0n) is 8.84. The van der Waals surface area contributed by atoms with Gasteiger partial charge in [0.15, 0.2) is 11.5 Å². The maximum absolute atomic E-state index is 6.18. The number of nitrogens with two attached hydrogens (primary N) is 1. The minimum absolute atomic E-state index is 0.155. The summed E-state index contributed by atoms with van der Waals surface area (Å²) in [6.07, 6.45) is 0. The molecule has 0 aliphatic carbocycles. The van der Waals surface area contributed by atoms with E-state index in [0.717, 1.165) is 11.3 Å². The Bertz CT molecular complexity index is 390. The first-order valence-electron chi connectivity index (χ1n) is 4.84. The molecule has 0 atom stereocenters. The van der Waals surface area contributed by atoms with Crippen LogP contribution in [0.2, 0.25) is 5.02 Å². The standard InChI is InChI=1S/C11H14ClNO2/c1-11(2,5-13)7-3-9-10(4-8(7)12)15-6-14-9/h3-4H,5-6,13H2,1-2H3. The van der Waals surface area contributed by atoms with Crippen LogP contribution >= 0.6 is 11.6 Å².